The first kappa shape index (κ1) is 24.4. The Bertz CT molecular complexity index is 1680. The first-order chi connectivity index (χ1) is 19.7. The molecule has 9 nitrogen and oxygen atoms in total. The molecule has 5 aromatic rings. The number of likely N-dealkylation sites (tertiary alicyclic amines) is 1. The molecule has 3 aromatic heterocycles. The summed E-state index contributed by atoms with van der Waals surface area (Å²) < 4.78 is 3.56. The molecule has 1 amide bonds. The van der Waals surface area contributed by atoms with E-state index in [0.717, 1.165) is 66.9 Å². The molecule has 4 heterocycles. The lowest BCUT2D eigenvalue weighted by Crippen LogP contribution is -2.45. The third kappa shape index (κ3) is 4.38. The maximum atomic E-state index is 11.9. The van der Waals surface area contributed by atoms with Gasteiger partial charge in [0.05, 0.1) is 18.1 Å². The van der Waals surface area contributed by atoms with Gasteiger partial charge >= 0.3 is 0 Å². The highest BCUT2D eigenvalue weighted by Crippen LogP contribution is 2.38. The molecule has 0 saturated carbocycles. The molecular formula is C31H30N8O. The second kappa shape index (κ2) is 10.2. The average Bonchev–Trinajstić information content (AvgIpc) is 3.76. The number of aryl methyl sites for hydroxylation is 1. The van der Waals surface area contributed by atoms with E-state index in [-0.39, 0.29) is 5.91 Å². The number of piperidine rings is 1. The monoisotopic (exact) mass is 530 g/mol. The average molecular weight is 531 g/mol. The van der Waals surface area contributed by atoms with Crippen molar-refractivity contribution in [3.63, 3.8) is 0 Å². The topological polar surface area (TPSA) is 93.2 Å². The molecule has 0 spiro atoms. The zero-order valence-corrected chi connectivity index (χ0v) is 22.1. The Morgan fingerprint density at radius 2 is 1.85 bits per heavy atom. The first-order valence-corrected chi connectivity index (χ1v) is 13.8. The van der Waals surface area contributed by atoms with Gasteiger partial charge in [-0.2, -0.15) is 0 Å². The van der Waals surface area contributed by atoms with Gasteiger partial charge in [-0.25, -0.2) is 14.2 Å². The summed E-state index contributed by atoms with van der Waals surface area (Å²) in [6.45, 7) is 5.18. The molecule has 1 aliphatic carbocycles. The Hall–Kier alpha value is -4.63. The molecule has 9 heteroatoms. The van der Waals surface area contributed by atoms with E-state index in [2.05, 4.69) is 52.5 Å². The molecule has 2 aliphatic rings. The Morgan fingerprint density at radius 3 is 2.62 bits per heavy atom. The molecule has 200 valence electrons. The van der Waals surface area contributed by atoms with E-state index in [1.807, 2.05) is 39.7 Å². The zero-order chi connectivity index (χ0) is 27.1. The zero-order valence-electron chi connectivity index (χ0n) is 22.1. The van der Waals surface area contributed by atoms with E-state index in [1.165, 1.54) is 17.2 Å². The van der Waals surface area contributed by atoms with E-state index < -0.39 is 0 Å². The summed E-state index contributed by atoms with van der Waals surface area (Å²) in [4.78, 5) is 18.9. The minimum atomic E-state index is 0.0313. The van der Waals surface area contributed by atoms with Crippen molar-refractivity contribution in [3.05, 3.63) is 96.8 Å². The number of hydrogen-bond donors (Lipinski definition) is 1. The molecule has 1 saturated heterocycles. The minimum Gasteiger partial charge on any atom is -0.339 e. The van der Waals surface area contributed by atoms with Gasteiger partial charge in [0.1, 0.15) is 5.69 Å². The molecule has 1 fully saturated rings. The number of amides is 1. The summed E-state index contributed by atoms with van der Waals surface area (Å²) in [6, 6.07) is 21.7. The molecule has 0 unspecified atom stereocenters. The first-order valence-electron chi connectivity index (χ1n) is 13.8. The van der Waals surface area contributed by atoms with Crippen LogP contribution in [0, 0.1) is 0 Å². The van der Waals surface area contributed by atoms with Crippen LogP contribution in [0.15, 0.2) is 85.7 Å². The van der Waals surface area contributed by atoms with Crippen LogP contribution in [0.5, 0.6) is 0 Å². The normalized spacial score (nSPS) is 17.3. The third-order valence-electron chi connectivity index (χ3n) is 8.08. The summed E-state index contributed by atoms with van der Waals surface area (Å²) in [5.74, 6) is 0.706. The lowest BCUT2D eigenvalue weighted by Gasteiger charge is -2.33. The van der Waals surface area contributed by atoms with Crippen molar-refractivity contribution in [1.29, 1.82) is 0 Å². The van der Waals surface area contributed by atoms with E-state index in [4.69, 9.17) is 10.1 Å². The number of hydrogen-bond acceptors (Lipinski definition) is 6. The van der Waals surface area contributed by atoms with Gasteiger partial charge in [-0.1, -0.05) is 54.3 Å². The molecule has 2 aromatic carbocycles. The fourth-order valence-corrected chi connectivity index (χ4v) is 6.05. The van der Waals surface area contributed by atoms with Crippen LogP contribution >= 0.6 is 0 Å². The van der Waals surface area contributed by atoms with Crippen LogP contribution < -0.4 is 5.32 Å². The Morgan fingerprint density at radius 1 is 1.00 bits per heavy atom. The van der Waals surface area contributed by atoms with Crippen LogP contribution in [0.25, 0.3) is 34.0 Å². The highest BCUT2D eigenvalue weighted by Gasteiger charge is 2.28. The standard InChI is InChI=1S/C31H30N8O/c1-2-29(40)37-17-14-24(15-18-37)33-26-11-9-22-20-23(8-10-25(22)26)30-31(21-6-4-3-5-7-21)39-27(34-30)12-13-28(35-39)38-19-16-32-36-38/h2-8,10,12-13,16,19-20,24,26,33H,1,9,11,14-15,17-18H2/t26-/m0/s1. The quantitative estimate of drug-likeness (QED) is 0.327. The molecule has 7 rings (SSSR count). The molecule has 40 heavy (non-hydrogen) atoms. The van der Waals surface area contributed by atoms with Gasteiger partial charge in [0.25, 0.3) is 0 Å². The fourth-order valence-electron chi connectivity index (χ4n) is 6.05. The number of fused-ring (bicyclic) bond motifs is 2. The number of benzene rings is 2. The SMILES string of the molecule is C=CC(=O)N1CCC(N[C@H]2CCc3cc(-c4nc5ccc(-n6ccnn6)nn5c4-c4ccccc4)ccc32)CC1. The second-order valence-electron chi connectivity index (χ2n) is 10.5. The lowest BCUT2D eigenvalue weighted by molar-refractivity contribution is -0.127. The van der Waals surface area contributed by atoms with Crippen LogP contribution in [0.2, 0.25) is 0 Å². The Labute approximate surface area is 232 Å². The van der Waals surface area contributed by atoms with Crippen molar-refractivity contribution in [2.45, 2.75) is 37.8 Å². The van der Waals surface area contributed by atoms with E-state index in [9.17, 15) is 4.79 Å². The van der Waals surface area contributed by atoms with Gasteiger partial charge < -0.3 is 10.2 Å². The molecule has 0 radical (unpaired) electrons. The number of nitrogens with one attached hydrogen (secondary N) is 1. The Kier molecular flexibility index (Phi) is 6.20. The van der Waals surface area contributed by atoms with Gasteiger partial charge in [-0.15, -0.1) is 10.2 Å². The van der Waals surface area contributed by atoms with Gasteiger partial charge in [-0.3, -0.25) is 4.79 Å². The largest absolute Gasteiger partial charge is 0.339 e. The van der Waals surface area contributed by atoms with Crippen molar-refractivity contribution < 1.29 is 4.79 Å². The minimum absolute atomic E-state index is 0.0313. The number of aromatic nitrogens is 6. The third-order valence-corrected chi connectivity index (χ3v) is 8.08. The Balaban J connectivity index is 1.20. The summed E-state index contributed by atoms with van der Waals surface area (Å²) in [7, 11) is 0. The van der Waals surface area contributed by atoms with Gasteiger partial charge in [-0.05, 0) is 61.1 Å². The van der Waals surface area contributed by atoms with E-state index in [1.54, 1.807) is 17.1 Å². The van der Waals surface area contributed by atoms with Crippen molar-refractivity contribution in [3.8, 4) is 28.3 Å². The molecular weight excluding hydrogens is 500 g/mol. The number of carbonyl (C=O) groups excluding carboxylic acids is 1. The van der Waals surface area contributed by atoms with Crippen LogP contribution in [-0.4, -0.2) is 59.5 Å². The van der Waals surface area contributed by atoms with Crippen LogP contribution in [0.4, 0.5) is 0 Å². The maximum Gasteiger partial charge on any atom is 0.245 e. The van der Waals surface area contributed by atoms with Crippen molar-refractivity contribution in [2.75, 3.05) is 13.1 Å². The second-order valence-corrected chi connectivity index (χ2v) is 10.5. The van der Waals surface area contributed by atoms with Crippen molar-refractivity contribution >= 4 is 11.6 Å². The fraction of sp³-hybridized carbons (Fsp3) is 0.258. The van der Waals surface area contributed by atoms with Gasteiger partial charge in [0.2, 0.25) is 5.91 Å². The highest BCUT2D eigenvalue weighted by molar-refractivity contribution is 5.87. The summed E-state index contributed by atoms with van der Waals surface area (Å²) in [5, 5.41) is 16.8. The van der Waals surface area contributed by atoms with Crippen LogP contribution in [-0.2, 0) is 11.2 Å². The lowest BCUT2D eigenvalue weighted by atomic mass is 9.99. The van der Waals surface area contributed by atoms with Crippen molar-refractivity contribution in [2.24, 2.45) is 0 Å². The van der Waals surface area contributed by atoms with E-state index >= 15 is 0 Å². The maximum absolute atomic E-state index is 11.9. The smallest absolute Gasteiger partial charge is 0.245 e. The highest BCUT2D eigenvalue weighted by atomic mass is 16.2. The van der Waals surface area contributed by atoms with Gasteiger partial charge in [0, 0.05) is 36.3 Å². The molecule has 0 bridgehead atoms. The number of rotatable bonds is 6. The number of nitrogens with zero attached hydrogens (tertiary/aromatic N) is 7. The molecule has 1 aliphatic heterocycles. The molecule has 1 N–H and O–H groups in total. The van der Waals surface area contributed by atoms with Gasteiger partial charge in [0.15, 0.2) is 11.5 Å². The van der Waals surface area contributed by atoms with E-state index in [0.29, 0.717) is 17.9 Å². The summed E-state index contributed by atoms with van der Waals surface area (Å²) in [5.41, 5.74) is 7.50. The molecule has 1 atom stereocenters. The number of carbonyl (C=O) groups is 1. The number of imidazole rings is 1. The van der Waals surface area contributed by atoms with Crippen LogP contribution in [0.3, 0.4) is 0 Å². The summed E-state index contributed by atoms with van der Waals surface area (Å²) in [6.07, 6.45) is 8.87. The predicted octanol–water partition coefficient (Wildman–Crippen LogP) is 4.40. The van der Waals surface area contributed by atoms with Crippen LogP contribution in [0.1, 0.15) is 36.4 Å². The van der Waals surface area contributed by atoms with Crippen molar-refractivity contribution in [1.82, 2.24) is 39.8 Å². The summed E-state index contributed by atoms with van der Waals surface area (Å²) >= 11 is 0. The predicted molar refractivity (Wildman–Crippen MR) is 153 cm³/mol.